The summed E-state index contributed by atoms with van der Waals surface area (Å²) in [5.41, 5.74) is 0. The Kier molecular flexibility index (Phi) is 7.59. The average molecular weight is 285 g/mol. The Morgan fingerprint density at radius 3 is 2.35 bits per heavy atom. The predicted molar refractivity (Wildman–Crippen MR) is 76.5 cm³/mol. The molecule has 1 saturated carbocycles. The number of carboxylic acids is 1. The first-order chi connectivity index (χ1) is 9.54. The Morgan fingerprint density at radius 1 is 1.25 bits per heavy atom. The molecule has 0 heterocycles. The zero-order valence-corrected chi connectivity index (χ0v) is 12.6. The van der Waals surface area contributed by atoms with Crippen LogP contribution >= 0.6 is 0 Å². The van der Waals surface area contributed by atoms with E-state index in [2.05, 4.69) is 5.32 Å². The molecule has 5 nitrogen and oxygen atoms in total. The van der Waals surface area contributed by atoms with Gasteiger partial charge in [-0.25, -0.2) is 4.79 Å². The van der Waals surface area contributed by atoms with Crippen molar-refractivity contribution in [3.63, 3.8) is 0 Å². The first-order valence-electron chi connectivity index (χ1n) is 7.73. The average Bonchev–Trinajstić information content (AvgIpc) is 2.66. The number of carbonyl (C=O) groups excluding carboxylic acids is 1. The molecule has 0 aromatic rings. The van der Waals surface area contributed by atoms with E-state index in [4.69, 9.17) is 9.84 Å². The van der Waals surface area contributed by atoms with Crippen LogP contribution in [0, 0.1) is 0 Å². The molecule has 1 aliphatic carbocycles. The van der Waals surface area contributed by atoms with Crippen LogP contribution in [0.4, 0.5) is 0 Å². The third-order valence-corrected chi connectivity index (χ3v) is 3.76. The summed E-state index contributed by atoms with van der Waals surface area (Å²) in [4.78, 5) is 23.0. The molecule has 0 saturated heterocycles. The van der Waals surface area contributed by atoms with Gasteiger partial charge in [0.05, 0.1) is 6.10 Å². The van der Waals surface area contributed by atoms with Crippen LogP contribution in [-0.2, 0) is 14.3 Å². The number of hydrogen-bond acceptors (Lipinski definition) is 3. The van der Waals surface area contributed by atoms with Crippen molar-refractivity contribution in [2.45, 2.75) is 83.5 Å². The molecule has 0 bridgehead atoms. The van der Waals surface area contributed by atoms with Crippen LogP contribution in [0.15, 0.2) is 0 Å². The quantitative estimate of drug-likeness (QED) is 0.705. The molecule has 2 N–H and O–H groups in total. The van der Waals surface area contributed by atoms with Crippen LogP contribution in [0.3, 0.4) is 0 Å². The summed E-state index contributed by atoms with van der Waals surface area (Å²) in [5.74, 6) is -1.31. The van der Waals surface area contributed by atoms with Crippen molar-refractivity contribution < 1.29 is 19.4 Å². The highest BCUT2D eigenvalue weighted by Gasteiger charge is 2.24. The number of amides is 1. The van der Waals surface area contributed by atoms with Crippen molar-refractivity contribution in [3.8, 4) is 0 Å². The van der Waals surface area contributed by atoms with E-state index in [1.165, 1.54) is 12.8 Å². The molecule has 0 radical (unpaired) electrons. The van der Waals surface area contributed by atoms with E-state index < -0.39 is 18.1 Å². The van der Waals surface area contributed by atoms with Crippen LogP contribution in [-0.4, -0.2) is 35.2 Å². The number of carboxylic acid groups (broad SMARTS) is 1. The topological polar surface area (TPSA) is 75.6 Å². The highest BCUT2D eigenvalue weighted by atomic mass is 16.5. The maximum Gasteiger partial charge on any atom is 0.326 e. The summed E-state index contributed by atoms with van der Waals surface area (Å²) in [5, 5.41) is 11.6. The lowest BCUT2D eigenvalue weighted by atomic mass is 10.1. The summed E-state index contributed by atoms with van der Waals surface area (Å²) < 4.78 is 5.79. The van der Waals surface area contributed by atoms with E-state index in [0.717, 1.165) is 32.1 Å². The van der Waals surface area contributed by atoms with Crippen LogP contribution < -0.4 is 5.32 Å². The molecule has 0 aromatic carbocycles. The number of aliphatic carboxylic acids is 1. The molecule has 5 heteroatoms. The maximum atomic E-state index is 12.0. The van der Waals surface area contributed by atoms with Gasteiger partial charge < -0.3 is 15.2 Å². The molecule has 0 spiro atoms. The fraction of sp³-hybridized carbons (Fsp3) is 0.867. The summed E-state index contributed by atoms with van der Waals surface area (Å²) in [7, 11) is 0. The van der Waals surface area contributed by atoms with Crippen molar-refractivity contribution in [1.29, 1.82) is 0 Å². The fourth-order valence-corrected chi connectivity index (χ4v) is 2.56. The first-order valence-corrected chi connectivity index (χ1v) is 7.73. The second-order valence-electron chi connectivity index (χ2n) is 5.58. The maximum absolute atomic E-state index is 12.0. The normalized spacial score (nSPS) is 19.9. The van der Waals surface area contributed by atoms with Gasteiger partial charge in [0.25, 0.3) is 0 Å². The third-order valence-electron chi connectivity index (χ3n) is 3.76. The second-order valence-corrected chi connectivity index (χ2v) is 5.58. The van der Waals surface area contributed by atoms with E-state index in [9.17, 15) is 9.59 Å². The van der Waals surface area contributed by atoms with Gasteiger partial charge >= 0.3 is 5.97 Å². The molecular weight excluding hydrogens is 258 g/mol. The van der Waals surface area contributed by atoms with Crippen molar-refractivity contribution in [3.05, 3.63) is 0 Å². The van der Waals surface area contributed by atoms with E-state index in [1.54, 1.807) is 6.92 Å². The molecule has 116 valence electrons. The van der Waals surface area contributed by atoms with E-state index in [1.807, 2.05) is 6.92 Å². The lowest BCUT2D eigenvalue weighted by Crippen LogP contribution is -2.46. The monoisotopic (exact) mass is 285 g/mol. The van der Waals surface area contributed by atoms with Gasteiger partial charge in [-0.1, -0.05) is 39.0 Å². The van der Waals surface area contributed by atoms with Gasteiger partial charge in [0.2, 0.25) is 5.91 Å². The van der Waals surface area contributed by atoms with Gasteiger partial charge in [-0.2, -0.15) is 0 Å². The molecule has 0 aromatic heterocycles. The highest BCUT2D eigenvalue weighted by Crippen LogP contribution is 2.21. The number of rotatable bonds is 7. The summed E-state index contributed by atoms with van der Waals surface area (Å²) in [6, 6.07) is -0.812. The Morgan fingerprint density at radius 2 is 1.85 bits per heavy atom. The van der Waals surface area contributed by atoms with E-state index in [0.29, 0.717) is 6.42 Å². The SMILES string of the molecule is CCCC(NC(=O)C(C)OC1CCCCCC1)C(=O)O. The number of carbonyl (C=O) groups is 2. The molecule has 1 amide bonds. The fourth-order valence-electron chi connectivity index (χ4n) is 2.56. The van der Waals surface area contributed by atoms with Crippen LogP contribution in [0.2, 0.25) is 0 Å². The van der Waals surface area contributed by atoms with E-state index >= 15 is 0 Å². The van der Waals surface area contributed by atoms with Crippen LogP contribution in [0.1, 0.15) is 65.2 Å². The minimum Gasteiger partial charge on any atom is -0.480 e. The largest absolute Gasteiger partial charge is 0.480 e. The summed E-state index contributed by atoms with van der Waals surface area (Å²) in [6.07, 6.45) is 7.45. The summed E-state index contributed by atoms with van der Waals surface area (Å²) in [6.45, 7) is 3.60. The van der Waals surface area contributed by atoms with Gasteiger partial charge in [0, 0.05) is 0 Å². The minimum atomic E-state index is -0.984. The minimum absolute atomic E-state index is 0.132. The highest BCUT2D eigenvalue weighted by molar-refractivity contribution is 5.86. The molecule has 1 fully saturated rings. The number of ether oxygens (including phenoxy) is 1. The Bertz CT molecular complexity index is 311. The lowest BCUT2D eigenvalue weighted by Gasteiger charge is -2.22. The van der Waals surface area contributed by atoms with Gasteiger partial charge in [0.1, 0.15) is 12.1 Å². The standard InChI is InChI=1S/C15H27NO4/c1-3-8-13(15(18)19)16-14(17)11(2)20-12-9-6-4-5-7-10-12/h11-13H,3-10H2,1-2H3,(H,16,17)(H,18,19). The lowest BCUT2D eigenvalue weighted by molar-refractivity contribution is -0.145. The zero-order chi connectivity index (χ0) is 15.0. The van der Waals surface area contributed by atoms with Crippen molar-refractivity contribution >= 4 is 11.9 Å². The third kappa shape index (κ3) is 5.90. The van der Waals surface area contributed by atoms with Crippen molar-refractivity contribution in [1.82, 2.24) is 5.32 Å². The number of nitrogens with one attached hydrogen (secondary N) is 1. The molecule has 1 aliphatic rings. The first kappa shape index (κ1) is 17.0. The molecule has 2 unspecified atom stereocenters. The Hall–Kier alpha value is -1.10. The smallest absolute Gasteiger partial charge is 0.326 e. The number of hydrogen-bond donors (Lipinski definition) is 2. The second kappa shape index (κ2) is 8.95. The molecule has 0 aliphatic heterocycles. The molecular formula is C15H27NO4. The molecule has 2 atom stereocenters. The van der Waals surface area contributed by atoms with E-state index in [-0.39, 0.29) is 12.0 Å². The molecule has 1 rings (SSSR count). The zero-order valence-electron chi connectivity index (χ0n) is 12.6. The Labute approximate surface area is 121 Å². The molecule has 20 heavy (non-hydrogen) atoms. The van der Waals surface area contributed by atoms with Crippen LogP contribution in [0.25, 0.3) is 0 Å². The van der Waals surface area contributed by atoms with Crippen LogP contribution in [0.5, 0.6) is 0 Å². The van der Waals surface area contributed by atoms with Gasteiger partial charge in [-0.3, -0.25) is 4.79 Å². The van der Waals surface area contributed by atoms with Crippen molar-refractivity contribution in [2.24, 2.45) is 0 Å². The van der Waals surface area contributed by atoms with Gasteiger partial charge in [-0.05, 0) is 26.2 Å². The Balaban J connectivity index is 2.42. The van der Waals surface area contributed by atoms with Crippen molar-refractivity contribution in [2.75, 3.05) is 0 Å². The van der Waals surface area contributed by atoms with Gasteiger partial charge in [0.15, 0.2) is 0 Å². The summed E-state index contributed by atoms with van der Waals surface area (Å²) >= 11 is 0. The predicted octanol–water partition coefficient (Wildman–Crippen LogP) is 2.48. The van der Waals surface area contributed by atoms with Gasteiger partial charge in [-0.15, -0.1) is 0 Å².